The average molecular weight is 463 g/mol. The Bertz CT molecular complexity index is 2110. The van der Waals surface area contributed by atoms with Crippen LogP contribution >= 0.6 is 0 Å². The van der Waals surface area contributed by atoms with E-state index in [0.717, 1.165) is 22.4 Å². The first-order valence-electron chi connectivity index (χ1n) is 12.2. The van der Waals surface area contributed by atoms with Gasteiger partial charge in [0.25, 0.3) is 0 Å². The summed E-state index contributed by atoms with van der Waals surface area (Å²) in [5, 5.41) is 4.99. The van der Waals surface area contributed by atoms with E-state index in [2.05, 4.69) is 130 Å². The number of hydrogen-bond acceptors (Lipinski definition) is 1. The van der Waals surface area contributed by atoms with Gasteiger partial charge in [0, 0.05) is 34.3 Å². The Balaban J connectivity index is 1.68. The number of hydrogen-bond donors (Lipinski definition) is 0. The maximum atomic E-state index is 4.83. The van der Waals surface area contributed by atoms with Crippen LogP contribution in [0.2, 0.25) is 0 Å². The van der Waals surface area contributed by atoms with E-state index in [4.69, 9.17) is 4.98 Å². The number of imidazole rings is 1. The summed E-state index contributed by atoms with van der Waals surface area (Å²) in [6, 6.07) is 39.1. The van der Waals surface area contributed by atoms with Crippen LogP contribution in [0.15, 0.2) is 116 Å². The van der Waals surface area contributed by atoms with E-state index in [-0.39, 0.29) is 0 Å². The highest BCUT2D eigenvalue weighted by atomic mass is 15.1. The first-order valence-corrected chi connectivity index (χ1v) is 12.2. The van der Waals surface area contributed by atoms with Gasteiger partial charge in [0.05, 0.1) is 39.6 Å². The maximum absolute atomic E-state index is 4.83. The molecule has 36 heavy (non-hydrogen) atoms. The molecule has 4 nitrogen and oxygen atoms in total. The number of fused-ring (bicyclic) bond motifs is 8. The molecule has 0 aliphatic carbocycles. The van der Waals surface area contributed by atoms with Crippen LogP contribution < -0.4 is 0 Å². The van der Waals surface area contributed by atoms with Crippen LogP contribution in [0.3, 0.4) is 0 Å². The molecular formula is C32H22N4. The number of para-hydroxylation sites is 4. The van der Waals surface area contributed by atoms with Crippen molar-refractivity contribution in [3.63, 3.8) is 0 Å². The lowest BCUT2D eigenvalue weighted by Gasteiger charge is -2.13. The quantitative estimate of drug-likeness (QED) is 0.258. The molecule has 0 atom stereocenters. The zero-order chi connectivity index (χ0) is 23.8. The van der Waals surface area contributed by atoms with Crippen molar-refractivity contribution in [3.8, 4) is 11.4 Å². The van der Waals surface area contributed by atoms with Crippen LogP contribution in [0.4, 0.5) is 0 Å². The molecule has 8 rings (SSSR count). The minimum Gasteiger partial charge on any atom is -0.334 e. The van der Waals surface area contributed by atoms with Crippen LogP contribution in [-0.2, 0) is 7.05 Å². The third-order valence-electron chi connectivity index (χ3n) is 7.46. The minimum absolute atomic E-state index is 1.00. The number of benzene rings is 5. The van der Waals surface area contributed by atoms with Crippen LogP contribution in [0.5, 0.6) is 0 Å². The molecule has 4 heteroatoms. The van der Waals surface area contributed by atoms with E-state index in [1.54, 1.807) is 0 Å². The summed E-state index contributed by atoms with van der Waals surface area (Å²) >= 11 is 0. The van der Waals surface area contributed by atoms with Crippen LogP contribution in [0.1, 0.15) is 0 Å². The molecule has 170 valence electrons. The Morgan fingerprint density at radius 2 is 1.08 bits per heavy atom. The molecule has 0 N–H and O–H groups in total. The van der Waals surface area contributed by atoms with Crippen molar-refractivity contribution < 1.29 is 0 Å². The second kappa shape index (κ2) is 7.09. The molecule has 0 unspecified atom stereocenters. The number of aromatic nitrogens is 4. The van der Waals surface area contributed by atoms with Crippen molar-refractivity contribution in [3.05, 3.63) is 116 Å². The molecule has 8 aromatic rings. The van der Waals surface area contributed by atoms with Crippen LogP contribution in [0, 0.1) is 0 Å². The highest BCUT2D eigenvalue weighted by Crippen LogP contribution is 2.42. The molecule has 0 bridgehead atoms. The van der Waals surface area contributed by atoms with Gasteiger partial charge in [-0.3, -0.25) is 0 Å². The molecule has 0 aliphatic heterocycles. The van der Waals surface area contributed by atoms with Gasteiger partial charge in [-0.05, 0) is 36.4 Å². The van der Waals surface area contributed by atoms with Crippen LogP contribution in [0.25, 0.3) is 66.0 Å². The Labute approximate surface area is 207 Å². The standard InChI is InChI=1S/C32H22N4/c1-34-20-33-30-28(34)16-9-17-29(30)36-27-15-8-6-13-23(27)25-19-18-24-22-12-5-7-14-26(22)35(31(24)32(25)36)21-10-3-2-4-11-21/h2-20H,1H3. The van der Waals surface area contributed by atoms with E-state index in [1.165, 1.54) is 43.6 Å². The van der Waals surface area contributed by atoms with Crippen molar-refractivity contribution in [1.82, 2.24) is 18.7 Å². The lowest BCUT2D eigenvalue weighted by atomic mass is 10.1. The van der Waals surface area contributed by atoms with Gasteiger partial charge in [-0.25, -0.2) is 4.98 Å². The molecule has 0 fully saturated rings. The molecule has 0 saturated heterocycles. The van der Waals surface area contributed by atoms with Crippen molar-refractivity contribution >= 4 is 54.6 Å². The molecule has 3 heterocycles. The maximum Gasteiger partial charge on any atom is 0.112 e. The summed E-state index contributed by atoms with van der Waals surface area (Å²) in [5.41, 5.74) is 9.18. The van der Waals surface area contributed by atoms with Gasteiger partial charge in [0.15, 0.2) is 0 Å². The topological polar surface area (TPSA) is 27.7 Å². The smallest absolute Gasteiger partial charge is 0.112 e. The van der Waals surface area contributed by atoms with Gasteiger partial charge in [-0.2, -0.15) is 0 Å². The third-order valence-corrected chi connectivity index (χ3v) is 7.46. The van der Waals surface area contributed by atoms with Gasteiger partial charge >= 0.3 is 0 Å². The molecule has 0 spiro atoms. The first kappa shape index (κ1) is 19.5. The van der Waals surface area contributed by atoms with Crippen molar-refractivity contribution in [2.24, 2.45) is 7.05 Å². The molecule has 0 saturated carbocycles. The molecular weight excluding hydrogens is 440 g/mol. The molecule has 5 aromatic carbocycles. The SMILES string of the molecule is Cn1cnc2c(-n3c4ccccc4c4ccc5c6ccccc6n(-c6ccccc6)c5c43)cccc21. The second-order valence-electron chi connectivity index (χ2n) is 9.40. The zero-order valence-corrected chi connectivity index (χ0v) is 19.8. The zero-order valence-electron chi connectivity index (χ0n) is 19.8. The van der Waals surface area contributed by atoms with Gasteiger partial charge in [-0.15, -0.1) is 0 Å². The van der Waals surface area contributed by atoms with E-state index < -0.39 is 0 Å². The molecule has 0 aliphatic rings. The van der Waals surface area contributed by atoms with E-state index in [0.29, 0.717) is 0 Å². The summed E-state index contributed by atoms with van der Waals surface area (Å²) in [5.74, 6) is 0. The minimum atomic E-state index is 1.00. The summed E-state index contributed by atoms with van der Waals surface area (Å²) in [4.78, 5) is 4.83. The summed E-state index contributed by atoms with van der Waals surface area (Å²) in [6.07, 6.45) is 1.90. The highest BCUT2D eigenvalue weighted by molar-refractivity contribution is 6.24. The van der Waals surface area contributed by atoms with E-state index in [1.807, 2.05) is 6.33 Å². The number of aryl methyl sites for hydroxylation is 1. The van der Waals surface area contributed by atoms with E-state index >= 15 is 0 Å². The van der Waals surface area contributed by atoms with Crippen molar-refractivity contribution in [2.75, 3.05) is 0 Å². The van der Waals surface area contributed by atoms with E-state index in [9.17, 15) is 0 Å². The third kappa shape index (κ3) is 2.45. The molecule has 0 amide bonds. The fraction of sp³-hybridized carbons (Fsp3) is 0.0312. The van der Waals surface area contributed by atoms with Gasteiger partial charge in [0.1, 0.15) is 5.52 Å². The predicted octanol–water partition coefficient (Wildman–Crippen LogP) is 7.77. The largest absolute Gasteiger partial charge is 0.334 e. The Morgan fingerprint density at radius 3 is 1.81 bits per heavy atom. The fourth-order valence-electron chi connectivity index (χ4n) is 5.92. The first-order chi connectivity index (χ1) is 17.8. The van der Waals surface area contributed by atoms with Gasteiger partial charge in [0.2, 0.25) is 0 Å². The molecule has 3 aromatic heterocycles. The Kier molecular flexibility index (Phi) is 3.84. The number of nitrogens with zero attached hydrogens (tertiary/aromatic N) is 4. The summed E-state index contributed by atoms with van der Waals surface area (Å²) in [7, 11) is 2.05. The van der Waals surface area contributed by atoms with Gasteiger partial charge in [-0.1, -0.05) is 72.8 Å². The summed E-state index contributed by atoms with van der Waals surface area (Å²) in [6.45, 7) is 0. The fourth-order valence-corrected chi connectivity index (χ4v) is 5.92. The average Bonchev–Trinajstić information content (AvgIpc) is 3.59. The number of rotatable bonds is 2. The normalized spacial score (nSPS) is 12.0. The highest BCUT2D eigenvalue weighted by Gasteiger charge is 2.22. The molecule has 0 radical (unpaired) electrons. The predicted molar refractivity (Wildman–Crippen MR) is 149 cm³/mol. The van der Waals surface area contributed by atoms with Crippen LogP contribution in [-0.4, -0.2) is 18.7 Å². The van der Waals surface area contributed by atoms with Crippen molar-refractivity contribution in [2.45, 2.75) is 0 Å². The summed E-state index contributed by atoms with van der Waals surface area (Å²) < 4.78 is 6.92. The lowest BCUT2D eigenvalue weighted by molar-refractivity contribution is 0.948. The Hall–Kier alpha value is -4.83. The monoisotopic (exact) mass is 462 g/mol. The van der Waals surface area contributed by atoms with Crippen molar-refractivity contribution in [1.29, 1.82) is 0 Å². The lowest BCUT2D eigenvalue weighted by Crippen LogP contribution is -1.99. The second-order valence-corrected chi connectivity index (χ2v) is 9.40. The van der Waals surface area contributed by atoms with Gasteiger partial charge < -0.3 is 13.7 Å². The Morgan fingerprint density at radius 1 is 0.500 bits per heavy atom.